The molecule has 53 heavy (non-hydrogen) atoms. The smallest absolute Gasteiger partial charge is 0.227 e. The third-order valence-electron chi connectivity index (χ3n) is 10.3. The minimum absolute atomic E-state index is 0.610. The third kappa shape index (κ3) is 4.86. The summed E-state index contributed by atoms with van der Waals surface area (Å²) in [5.74, 6) is 2.49. The molecule has 5 heteroatoms. The molecule has 2 heterocycles. The highest BCUT2D eigenvalue weighted by Gasteiger charge is 2.19. The van der Waals surface area contributed by atoms with E-state index in [9.17, 15) is 0 Å². The maximum atomic E-state index is 6.59. The van der Waals surface area contributed by atoms with Crippen molar-refractivity contribution in [1.29, 1.82) is 0 Å². The molecule has 11 aromatic rings. The lowest BCUT2D eigenvalue weighted by molar-refractivity contribution is 0.623. The molecule has 2 aromatic heterocycles. The average Bonchev–Trinajstić information content (AvgIpc) is 3.68. The quantitative estimate of drug-likeness (QED) is 0.174. The standard InChI is InChI=1S/C48H28N4O/c1-2-11-33(12-3-1)48-49-41-26-24-32-20-19-31-23-25-38-39(42(31)43(32)44(41)53-48)15-8-16-40(38)47-51-45(36-21-17-29-9-4-6-13-34(29)27-36)50-46(52-47)37-22-18-30-10-5-7-14-35(30)28-37/h1-28H. The number of nitrogens with zero attached hydrogens (tertiary/aromatic N) is 4. The lowest BCUT2D eigenvalue weighted by Gasteiger charge is -2.13. The molecule has 246 valence electrons. The summed E-state index contributed by atoms with van der Waals surface area (Å²) in [6.07, 6.45) is 0. The molecule has 0 unspecified atom stereocenters. The van der Waals surface area contributed by atoms with E-state index in [0.717, 1.165) is 76.4 Å². The van der Waals surface area contributed by atoms with Crippen LogP contribution in [0.25, 0.3) is 111 Å². The van der Waals surface area contributed by atoms with E-state index in [4.69, 9.17) is 24.4 Å². The van der Waals surface area contributed by atoms with Crippen LogP contribution in [0.3, 0.4) is 0 Å². The van der Waals surface area contributed by atoms with Crippen molar-refractivity contribution < 1.29 is 4.42 Å². The highest BCUT2D eigenvalue weighted by atomic mass is 16.3. The van der Waals surface area contributed by atoms with Gasteiger partial charge in [0.15, 0.2) is 23.1 Å². The molecule has 0 saturated heterocycles. The Balaban J connectivity index is 1.16. The summed E-state index contributed by atoms with van der Waals surface area (Å²) in [4.78, 5) is 20.4. The molecular weight excluding hydrogens is 649 g/mol. The largest absolute Gasteiger partial charge is 0.435 e. The van der Waals surface area contributed by atoms with Gasteiger partial charge in [0, 0.05) is 33.0 Å². The minimum Gasteiger partial charge on any atom is -0.435 e. The molecule has 9 aromatic carbocycles. The van der Waals surface area contributed by atoms with E-state index in [1.165, 1.54) is 10.8 Å². The Labute approximate surface area is 303 Å². The Kier molecular flexibility index (Phi) is 6.48. The second-order valence-electron chi connectivity index (χ2n) is 13.5. The summed E-state index contributed by atoms with van der Waals surface area (Å²) < 4.78 is 6.59. The predicted octanol–water partition coefficient (Wildman–Crippen LogP) is 12.4. The van der Waals surface area contributed by atoms with Gasteiger partial charge in [-0.2, -0.15) is 0 Å². The van der Waals surface area contributed by atoms with E-state index in [1.807, 2.05) is 36.4 Å². The fourth-order valence-corrected chi connectivity index (χ4v) is 7.69. The van der Waals surface area contributed by atoms with Crippen LogP contribution in [-0.2, 0) is 0 Å². The van der Waals surface area contributed by atoms with E-state index in [1.54, 1.807) is 0 Å². The maximum absolute atomic E-state index is 6.59. The number of aromatic nitrogens is 4. The molecule has 0 fully saturated rings. The average molecular weight is 677 g/mol. The molecule has 0 aliphatic heterocycles. The molecule has 0 aliphatic carbocycles. The SMILES string of the molecule is c1ccc(-c2nc3ccc4ccc5ccc6c(-c7nc(-c8ccc9ccccc9c8)nc(-c8ccc9ccccc9c8)n7)cccc6c5c4c3o2)cc1. The summed E-state index contributed by atoms with van der Waals surface area (Å²) in [7, 11) is 0. The van der Waals surface area contributed by atoms with Crippen molar-refractivity contribution in [2.75, 3.05) is 0 Å². The van der Waals surface area contributed by atoms with Crippen molar-refractivity contribution >= 4 is 65.0 Å². The van der Waals surface area contributed by atoms with Crippen molar-refractivity contribution in [1.82, 2.24) is 19.9 Å². The summed E-state index contributed by atoms with van der Waals surface area (Å²) >= 11 is 0. The maximum Gasteiger partial charge on any atom is 0.227 e. The van der Waals surface area contributed by atoms with Crippen LogP contribution in [0.15, 0.2) is 174 Å². The van der Waals surface area contributed by atoms with Crippen LogP contribution in [0, 0.1) is 0 Å². The van der Waals surface area contributed by atoms with Gasteiger partial charge in [0.05, 0.1) is 0 Å². The zero-order chi connectivity index (χ0) is 34.9. The van der Waals surface area contributed by atoms with Crippen LogP contribution in [0.5, 0.6) is 0 Å². The van der Waals surface area contributed by atoms with Gasteiger partial charge < -0.3 is 4.42 Å². The highest BCUT2D eigenvalue weighted by molar-refractivity contribution is 6.27. The summed E-state index contributed by atoms with van der Waals surface area (Å²) in [5.41, 5.74) is 5.36. The van der Waals surface area contributed by atoms with Crippen molar-refractivity contribution in [3.05, 3.63) is 170 Å². The second kappa shape index (κ2) is 11.7. The second-order valence-corrected chi connectivity index (χ2v) is 13.5. The van der Waals surface area contributed by atoms with Gasteiger partial charge in [-0.25, -0.2) is 19.9 Å². The molecule has 0 radical (unpaired) electrons. The molecule has 11 rings (SSSR count). The van der Waals surface area contributed by atoms with Crippen molar-refractivity contribution in [2.45, 2.75) is 0 Å². The van der Waals surface area contributed by atoms with Gasteiger partial charge in [-0.3, -0.25) is 0 Å². The minimum atomic E-state index is 0.610. The van der Waals surface area contributed by atoms with Gasteiger partial charge in [0.1, 0.15) is 5.52 Å². The Morgan fingerprint density at radius 1 is 0.340 bits per heavy atom. The Hall–Kier alpha value is -7.24. The first kappa shape index (κ1) is 29.5. The van der Waals surface area contributed by atoms with E-state index in [2.05, 4.69) is 133 Å². The molecule has 5 nitrogen and oxygen atoms in total. The highest BCUT2D eigenvalue weighted by Crippen LogP contribution is 2.40. The lowest BCUT2D eigenvalue weighted by Crippen LogP contribution is -2.00. The number of oxazole rings is 1. The van der Waals surface area contributed by atoms with Gasteiger partial charge in [-0.1, -0.05) is 140 Å². The first-order valence-corrected chi connectivity index (χ1v) is 17.7. The molecule has 0 bridgehead atoms. The van der Waals surface area contributed by atoms with Crippen LogP contribution in [0.4, 0.5) is 0 Å². The first-order valence-electron chi connectivity index (χ1n) is 17.7. The van der Waals surface area contributed by atoms with Crippen LogP contribution in [-0.4, -0.2) is 19.9 Å². The Morgan fingerprint density at radius 3 is 1.60 bits per heavy atom. The van der Waals surface area contributed by atoms with Crippen molar-refractivity contribution in [3.63, 3.8) is 0 Å². The Bertz CT molecular complexity index is 3140. The number of rotatable bonds is 4. The molecule has 0 saturated carbocycles. The summed E-state index contributed by atoms with van der Waals surface area (Å²) in [6, 6.07) is 58.9. The van der Waals surface area contributed by atoms with Gasteiger partial charge >= 0.3 is 0 Å². The van der Waals surface area contributed by atoms with Gasteiger partial charge in [-0.05, 0) is 73.4 Å². The number of hydrogen-bond donors (Lipinski definition) is 0. The van der Waals surface area contributed by atoms with E-state index in [-0.39, 0.29) is 0 Å². The van der Waals surface area contributed by atoms with Crippen LogP contribution in [0.1, 0.15) is 0 Å². The van der Waals surface area contributed by atoms with E-state index < -0.39 is 0 Å². The molecule has 0 spiro atoms. The molecule has 0 N–H and O–H groups in total. The number of benzene rings is 9. The topological polar surface area (TPSA) is 64.7 Å². The third-order valence-corrected chi connectivity index (χ3v) is 10.3. The predicted molar refractivity (Wildman–Crippen MR) is 217 cm³/mol. The summed E-state index contributed by atoms with van der Waals surface area (Å²) in [5, 5.41) is 11.1. The van der Waals surface area contributed by atoms with Crippen LogP contribution < -0.4 is 0 Å². The Morgan fingerprint density at radius 2 is 0.906 bits per heavy atom. The number of fused-ring (bicyclic) bond motifs is 9. The fraction of sp³-hybridized carbons (Fsp3) is 0. The normalized spacial score (nSPS) is 11.8. The fourth-order valence-electron chi connectivity index (χ4n) is 7.69. The van der Waals surface area contributed by atoms with Gasteiger partial charge in [0.25, 0.3) is 0 Å². The molecule has 0 aliphatic rings. The molecular formula is C48H28N4O. The first-order chi connectivity index (χ1) is 26.2. The molecule has 0 amide bonds. The lowest BCUT2D eigenvalue weighted by atomic mass is 9.93. The van der Waals surface area contributed by atoms with Crippen molar-refractivity contribution in [2.24, 2.45) is 0 Å². The van der Waals surface area contributed by atoms with E-state index in [0.29, 0.717) is 23.4 Å². The summed E-state index contributed by atoms with van der Waals surface area (Å²) in [6.45, 7) is 0. The molecule has 0 atom stereocenters. The van der Waals surface area contributed by atoms with Crippen LogP contribution in [0.2, 0.25) is 0 Å². The van der Waals surface area contributed by atoms with E-state index >= 15 is 0 Å². The van der Waals surface area contributed by atoms with Crippen molar-refractivity contribution in [3.8, 4) is 45.6 Å². The van der Waals surface area contributed by atoms with Gasteiger partial charge in [0.2, 0.25) is 5.89 Å². The zero-order valence-corrected chi connectivity index (χ0v) is 28.4. The van der Waals surface area contributed by atoms with Crippen LogP contribution >= 0.6 is 0 Å². The van der Waals surface area contributed by atoms with Gasteiger partial charge in [-0.15, -0.1) is 0 Å². The monoisotopic (exact) mass is 676 g/mol. The zero-order valence-electron chi connectivity index (χ0n) is 28.4. The number of hydrogen-bond acceptors (Lipinski definition) is 5.